The topological polar surface area (TPSA) is 50.9 Å². The molecule has 3 N–H and O–H groups in total. The van der Waals surface area contributed by atoms with Crippen LogP contribution in [0.25, 0.3) is 0 Å². The highest BCUT2D eigenvalue weighted by Gasteiger charge is 2.33. The van der Waals surface area contributed by atoms with E-state index >= 15 is 0 Å². The van der Waals surface area contributed by atoms with Gasteiger partial charge in [-0.15, -0.1) is 11.3 Å². The molecule has 108 valence electrons. The Bertz CT molecular complexity index is 567. The second kappa shape index (κ2) is 5.70. The SMILES string of the molecule is CCC(Nc1ccc(N)c(C(F)(F)F)c1)c1nccs1. The zero-order valence-electron chi connectivity index (χ0n) is 10.7. The Hall–Kier alpha value is -1.76. The fourth-order valence-electron chi connectivity index (χ4n) is 1.84. The second-order valence-electron chi connectivity index (χ2n) is 4.28. The molecule has 1 aromatic heterocycles. The van der Waals surface area contributed by atoms with Gasteiger partial charge in [-0.1, -0.05) is 6.92 Å². The summed E-state index contributed by atoms with van der Waals surface area (Å²) < 4.78 is 38.4. The van der Waals surface area contributed by atoms with E-state index in [4.69, 9.17) is 5.73 Å². The van der Waals surface area contributed by atoms with Gasteiger partial charge in [0.25, 0.3) is 0 Å². The van der Waals surface area contributed by atoms with E-state index in [1.807, 2.05) is 12.3 Å². The Morgan fingerprint density at radius 2 is 2.15 bits per heavy atom. The van der Waals surface area contributed by atoms with Gasteiger partial charge in [-0.25, -0.2) is 4.98 Å². The van der Waals surface area contributed by atoms with Crippen molar-refractivity contribution in [1.82, 2.24) is 4.98 Å². The summed E-state index contributed by atoms with van der Waals surface area (Å²) in [7, 11) is 0. The number of benzene rings is 1. The highest BCUT2D eigenvalue weighted by atomic mass is 32.1. The van der Waals surface area contributed by atoms with Gasteiger partial charge >= 0.3 is 6.18 Å². The molecule has 0 aliphatic heterocycles. The molecule has 20 heavy (non-hydrogen) atoms. The molecule has 0 aliphatic carbocycles. The Morgan fingerprint density at radius 3 is 2.70 bits per heavy atom. The maximum atomic E-state index is 12.8. The summed E-state index contributed by atoms with van der Waals surface area (Å²) in [5, 5.41) is 5.75. The molecule has 2 rings (SSSR count). The van der Waals surface area contributed by atoms with Crippen molar-refractivity contribution in [2.45, 2.75) is 25.6 Å². The van der Waals surface area contributed by atoms with E-state index in [1.54, 1.807) is 12.3 Å². The van der Waals surface area contributed by atoms with Crippen molar-refractivity contribution < 1.29 is 13.2 Å². The van der Waals surface area contributed by atoms with Crippen molar-refractivity contribution in [3.8, 4) is 0 Å². The molecule has 1 unspecified atom stereocenters. The predicted octanol–water partition coefficient (Wildman–Crippen LogP) is 4.31. The van der Waals surface area contributed by atoms with Crippen molar-refractivity contribution in [3.05, 3.63) is 40.3 Å². The smallest absolute Gasteiger partial charge is 0.398 e. The van der Waals surface area contributed by atoms with Crippen LogP contribution in [0.5, 0.6) is 0 Å². The van der Waals surface area contributed by atoms with Crippen LogP contribution in [-0.4, -0.2) is 4.98 Å². The molecule has 1 heterocycles. The van der Waals surface area contributed by atoms with Gasteiger partial charge in [0.2, 0.25) is 0 Å². The van der Waals surface area contributed by atoms with Crippen LogP contribution in [0.3, 0.4) is 0 Å². The first-order valence-electron chi connectivity index (χ1n) is 6.04. The first-order chi connectivity index (χ1) is 9.41. The first-order valence-corrected chi connectivity index (χ1v) is 6.92. The zero-order valence-corrected chi connectivity index (χ0v) is 11.6. The fourth-order valence-corrected chi connectivity index (χ4v) is 2.61. The van der Waals surface area contributed by atoms with Gasteiger partial charge in [0, 0.05) is 23.0 Å². The van der Waals surface area contributed by atoms with Gasteiger partial charge < -0.3 is 11.1 Å². The molecule has 0 aliphatic rings. The number of rotatable bonds is 4. The number of anilines is 2. The fraction of sp³-hybridized carbons (Fsp3) is 0.308. The number of thiazole rings is 1. The van der Waals surface area contributed by atoms with E-state index in [9.17, 15) is 13.2 Å². The number of nitrogen functional groups attached to an aromatic ring is 1. The molecule has 3 nitrogen and oxygen atoms in total. The second-order valence-corrected chi connectivity index (χ2v) is 5.20. The lowest BCUT2D eigenvalue weighted by atomic mass is 10.1. The van der Waals surface area contributed by atoms with Crippen LogP contribution in [0.4, 0.5) is 24.5 Å². The summed E-state index contributed by atoms with van der Waals surface area (Å²) in [5.74, 6) is 0. The minimum absolute atomic E-state index is 0.111. The third-order valence-electron chi connectivity index (χ3n) is 2.86. The van der Waals surface area contributed by atoms with E-state index in [0.717, 1.165) is 17.5 Å². The first kappa shape index (κ1) is 14.6. The normalized spacial score (nSPS) is 13.2. The number of hydrogen-bond donors (Lipinski definition) is 2. The van der Waals surface area contributed by atoms with E-state index < -0.39 is 11.7 Å². The summed E-state index contributed by atoms with van der Waals surface area (Å²) in [6.07, 6.45) is -2.06. The molecule has 0 spiro atoms. The maximum Gasteiger partial charge on any atom is 0.418 e. The van der Waals surface area contributed by atoms with Crippen LogP contribution < -0.4 is 11.1 Å². The van der Waals surface area contributed by atoms with E-state index in [2.05, 4.69) is 10.3 Å². The van der Waals surface area contributed by atoms with E-state index in [1.165, 1.54) is 17.4 Å². The molecule has 0 saturated heterocycles. The molecule has 0 radical (unpaired) electrons. The standard InChI is InChI=1S/C13H14F3N3S/c1-2-11(12-18-5-6-20-12)19-8-3-4-10(17)9(7-8)13(14,15)16/h3-7,11,19H,2,17H2,1H3. The van der Waals surface area contributed by atoms with Crippen LogP contribution in [0, 0.1) is 0 Å². The quantitative estimate of drug-likeness (QED) is 0.827. The average molecular weight is 301 g/mol. The Balaban J connectivity index is 2.25. The van der Waals surface area contributed by atoms with Crippen LogP contribution in [0.2, 0.25) is 0 Å². The number of nitrogens with two attached hydrogens (primary N) is 1. The number of halogens is 3. The Labute approximate surface area is 118 Å². The van der Waals surface area contributed by atoms with E-state index in [-0.39, 0.29) is 11.7 Å². The van der Waals surface area contributed by atoms with Crippen molar-refractivity contribution in [2.75, 3.05) is 11.1 Å². The van der Waals surface area contributed by atoms with Crippen molar-refractivity contribution in [1.29, 1.82) is 0 Å². The van der Waals surface area contributed by atoms with Gasteiger partial charge in [-0.2, -0.15) is 13.2 Å². The molecule has 7 heteroatoms. The number of hydrogen-bond acceptors (Lipinski definition) is 4. The zero-order chi connectivity index (χ0) is 14.8. The molecule has 0 bridgehead atoms. The summed E-state index contributed by atoms with van der Waals surface area (Å²) in [4.78, 5) is 4.18. The third kappa shape index (κ3) is 3.22. The summed E-state index contributed by atoms with van der Waals surface area (Å²) in [5.41, 5.74) is 4.66. The van der Waals surface area contributed by atoms with Gasteiger partial charge in [0.05, 0.1) is 11.6 Å². The van der Waals surface area contributed by atoms with Crippen LogP contribution >= 0.6 is 11.3 Å². The lowest BCUT2D eigenvalue weighted by Crippen LogP contribution is -2.12. The molecule has 0 amide bonds. The van der Waals surface area contributed by atoms with Gasteiger partial charge in [0.1, 0.15) is 5.01 Å². The monoisotopic (exact) mass is 301 g/mol. The summed E-state index contributed by atoms with van der Waals surface area (Å²) in [6, 6.07) is 3.73. The van der Waals surface area contributed by atoms with Crippen molar-refractivity contribution in [3.63, 3.8) is 0 Å². The number of nitrogens with one attached hydrogen (secondary N) is 1. The average Bonchev–Trinajstić information content (AvgIpc) is 2.90. The molecule has 0 saturated carbocycles. The number of alkyl halides is 3. The maximum absolute atomic E-state index is 12.8. The predicted molar refractivity (Wildman–Crippen MR) is 74.6 cm³/mol. The van der Waals surface area contributed by atoms with Crippen molar-refractivity contribution in [2.24, 2.45) is 0 Å². The molecular formula is C13H14F3N3S. The number of aromatic nitrogens is 1. The molecule has 1 aromatic carbocycles. The Morgan fingerprint density at radius 1 is 1.40 bits per heavy atom. The lowest BCUT2D eigenvalue weighted by Gasteiger charge is -2.18. The van der Waals surface area contributed by atoms with E-state index in [0.29, 0.717) is 5.69 Å². The van der Waals surface area contributed by atoms with Crippen LogP contribution in [0.15, 0.2) is 29.8 Å². The third-order valence-corrected chi connectivity index (χ3v) is 3.75. The molecule has 0 fully saturated rings. The Kier molecular flexibility index (Phi) is 4.17. The van der Waals surface area contributed by atoms with Gasteiger partial charge in [-0.05, 0) is 24.6 Å². The van der Waals surface area contributed by atoms with Crippen LogP contribution in [0.1, 0.15) is 30.0 Å². The highest BCUT2D eigenvalue weighted by Crippen LogP contribution is 2.36. The molecular weight excluding hydrogens is 287 g/mol. The molecule has 1 atom stereocenters. The summed E-state index contributed by atoms with van der Waals surface area (Å²) in [6.45, 7) is 1.95. The van der Waals surface area contributed by atoms with Crippen LogP contribution in [-0.2, 0) is 6.18 Å². The van der Waals surface area contributed by atoms with Gasteiger partial charge in [-0.3, -0.25) is 0 Å². The highest BCUT2D eigenvalue weighted by molar-refractivity contribution is 7.09. The summed E-state index contributed by atoms with van der Waals surface area (Å²) >= 11 is 1.47. The number of nitrogens with zero attached hydrogens (tertiary/aromatic N) is 1. The lowest BCUT2D eigenvalue weighted by molar-refractivity contribution is -0.136. The molecule has 2 aromatic rings. The van der Waals surface area contributed by atoms with Gasteiger partial charge in [0.15, 0.2) is 0 Å². The van der Waals surface area contributed by atoms with Crippen molar-refractivity contribution >= 4 is 22.7 Å². The minimum atomic E-state index is -4.45. The minimum Gasteiger partial charge on any atom is -0.398 e. The largest absolute Gasteiger partial charge is 0.418 e.